The van der Waals surface area contributed by atoms with Crippen molar-refractivity contribution in [3.05, 3.63) is 30.5 Å². The van der Waals surface area contributed by atoms with Crippen molar-refractivity contribution in [2.24, 2.45) is 10.9 Å². The largest absolute Gasteiger partial charge is 0.368 e. The topological polar surface area (TPSA) is 118 Å². The number of imidazole rings is 1. The van der Waals surface area contributed by atoms with Gasteiger partial charge in [-0.05, 0) is 31.2 Å². The highest BCUT2D eigenvalue weighted by Crippen LogP contribution is 2.38. The van der Waals surface area contributed by atoms with Crippen LogP contribution in [-0.2, 0) is 0 Å². The zero-order valence-corrected chi connectivity index (χ0v) is 15.0. The molecule has 0 amide bonds. The third kappa shape index (κ3) is 3.40. The van der Waals surface area contributed by atoms with Gasteiger partial charge in [0.1, 0.15) is 11.7 Å². The second-order valence-corrected chi connectivity index (χ2v) is 6.93. The van der Waals surface area contributed by atoms with Crippen molar-refractivity contribution in [2.75, 3.05) is 13.1 Å². The van der Waals surface area contributed by atoms with Gasteiger partial charge >= 0.3 is 0 Å². The van der Waals surface area contributed by atoms with Crippen molar-refractivity contribution in [3.63, 3.8) is 0 Å². The first-order valence-electron chi connectivity index (χ1n) is 9.25. The van der Waals surface area contributed by atoms with Crippen molar-refractivity contribution in [3.8, 4) is 6.07 Å². The zero-order chi connectivity index (χ0) is 18.6. The summed E-state index contributed by atoms with van der Waals surface area (Å²) in [5.41, 5.74) is 2.96. The number of nitriles is 1. The molecule has 0 radical (unpaired) electrons. The molecule has 27 heavy (non-hydrogen) atoms. The molecule has 1 saturated carbocycles. The summed E-state index contributed by atoms with van der Waals surface area (Å²) >= 11 is 0. The fraction of sp³-hybridized carbons (Fsp3) is 0.421. The summed E-state index contributed by atoms with van der Waals surface area (Å²) in [5.74, 6) is 2.55. The molecule has 0 aliphatic heterocycles. The van der Waals surface area contributed by atoms with E-state index in [0.29, 0.717) is 37.2 Å². The Bertz CT molecular complexity index is 1020. The molecule has 3 heterocycles. The van der Waals surface area contributed by atoms with Gasteiger partial charge in [0.15, 0.2) is 5.65 Å². The standard InChI is InChI=1S/C19H22N8/c20-5-1-6-22-17(9-21)24-10-13-2-3-14(8-13)19-26-12-15-11-25-18-16(27(15)19)4-7-23-18/h4,7,9,11-14,21,23H,1-3,6,8,10H2,(H,22,24). The molecule has 8 heteroatoms. The Morgan fingerprint density at radius 3 is 3.19 bits per heavy atom. The minimum Gasteiger partial charge on any atom is -0.368 e. The molecular formula is C19H22N8. The molecule has 0 spiro atoms. The summed E-state index contributed by atoms with van der Waals surface area (Å²) in [7, 11) is 0. The van der Waals surface area contributed by atoms with Crippen LogP contribution in [0.15, 0.2) is 29.6 Å². The zero-order valence-electron chi connectivity index (χ0n) is 15.0. The number of hydrogen-bond donors (Lipinski definition) is 3. The van der Waals surface area contributed by atoms with E-state index in [0.717, 1.165) is 41.8 Å². The molecule has 1 aliphatic carbocycles. The van der Waals surface area contributed by atoms with Gasteiger partial charge in [0.05, 0.1) is 42.1 Å². The van der Waals surface area contributed by atoms with Crippen LogP contribution in [0.4, 0.5) is 0 Å². The number of nitrogens with zero attached hydrogens (tertiary/aromatic N) is 5. The first-order valence-corrected chi connectivity index (χ1v) is 9.25. The van der Waals surface area contributed by atoms with E-state index in [-0.39, 0.29) is 0 Å². The van der Waals surface area contributed by atoms with Crippen LogP contribution in [0.2, 0.25) is 0 Å². The van der Waals surface area contributed by atoms with Crippen molar-refractivity contribution in [2.45, 2.75) is 31.6 Å². The lowest BCUT2D eigenvalue weighted by Gasteiger charge is -2.11. The minimum absolute atomic E-state index is 0.406. The summed E-state index contributed by atoms with van der Waals surface area (Å²) in [5, 5.41) is 19.1. The normalized spacial score (nSPS) is 20.2. The van der Waals surface area contributed by atoms with E-state index in [1.165, 1.54) is 6.21 Å². The van der Waals surface area contributed by atoms with Crippen LogP contribution in [0.25, 0.3) is 16.7 Å². The maximum absolute atomic E-state index is 8.60. The summed E-state index contributed by atoms with van der Waals surface area (Å²) in [6.45, 7) is 1.23. The molecule has 2 atom stereocenters. The molecule has 8 nitrogen and oxygen atoms in total. The first kappa shape index (κ1) is 17.2. The van der Waals surface area contributed by atoms with Gasteiger partial charge in [-0.2, -0.15) is 5.26 Å². The molecule has 3 aromatic heterocycles. The van der Waals surface area contributed by atoms with Gasteiger partial charge in [-0.25, -0.2) is 9.97 Å². The molecule has 138 valence electrons. The maximum atomic E-state index is 8.60. The molecule has 1 aliphatic rings. The average molecular weight is 362 g/mol. The average Bonchev–Trinajstić information content (AvgIpc) is 3.42. The lowest BCUT2D eigenvalue weighted by molar-refractivity contribution is 0.545. The quantitative estimate of drug-likeness (QED) is 0.355. The highest BCUT2D eigenvalue weighted by atomic mass is 15.1. The highest BCUT2D eigenvalue weighted by Gasteiger charge is 2.29. The third-order valence-electron chi connectivity index (χ3n) is 5.19. The monoisotopic (exact) mass is 362 g/mol. The van der Waals surface area contributed by atoms with E-state index in [9.17, 15) is 0 Å². The number of hydrogen-bond acceptors (Lipinski definition) is 5. The van der Waals surface area contributed by atoms with Gasteiger partial charge < -0.3 is 15.7 Å². The number of aromatic nitrogens is 4. The molecule has 0 bridgehead atoms. The van der Waals surface area contributed by atoms with Crippen LogP contribution in [0.5, 0.6) is 0 Å². The lowest BCUT2D eigenvalue weighted by Crippen LogP contribution is -2.26. The van der Waals surface area contributed by atoms with E-state index in [2.05, 4.69) is 30.7 Å². The third-order valence-corrected chi connectivity index (χ3v) is 5.19. The molecule has 3 aromatic rings. The molecular weight excluding hydrogens is 340 g/mol. The van der Waals surface area contributed by atoms with Gasteiger partial charge in [0.2, 0.25) is 0 Å². The van der Waals surface area contributed by atoms with Crippen LogP contribution in [0, 0.1) is 22.7 Å². The molecule has 1 fully saturated rings. The van der Waals surface area contributed by atoms with Gasteiger partial charge in [-0.15, -0.1) is 0 Å². The number of aromatic amines is 1. The molecule has 3 N–H and O–H groups in total. The minimum atomic E-state index is 0.406. The Balaban J connectivity index is 1.47. The van der Waals surface area contributed by atoms with E-state index in [1.807, 2.05) is 24.7 Å². The van der Waals surface area contributed by atoms with Crippen LogP contribution >= 0.6 is 0 Å². The predicted molar refractivity (Wildman–Crippen MR) is 104 cm³/mol. The number of rotatable bonds is 6. The Hall–Kier alpha value is -3.21. The molecule has 2 unspecified atom stereocenters. The molecule has 4 rings (SSSR count). The summed E-state index contributed by atoms with van der Waals surface area (Å²) in [4.78, 5) is 16.8. The fourth-order valence-corrected chi connectivity index (χ4v) is 3.89. The Morgan fingerprint density at radius 2 is 2.33 bits per heavy atom. The number of aliphatic imine (C=N–C) groups is 1. The summed E-state index contributed by atoms with van der Waals surface area (Å²) in [6.07, 6.45) is 10.5. The van der Waals surface area contributed by atoms with Gasteiger partial charge in [-0.1, -0.05) is 0 Å². The number of amidine groups is 1. The van der Waals surface area contributed by atoms with Gasteiger partial charge in [0.25, 0.3) is 0 Å². The Kier molecular flexibility index (Phi) is 4.83. The fourth-order valence-electron chi connectivity index (χ4n) is 3.89. The van der Waals surface area contributed by atoms with Crippen molar-refractivity contribution >= 4 is 28.7 Å². The second kappa shape index (κ2) is 7.58. The van der Waals surface area contributed by atoms with E-state index in [1.54, 1.807) is 0 Å². The van der Waals surface area contributed by atoms with Crippen LogP contribution < -0.4 is 5.32 Å². The molecule has 0 saturated heterocycles. The number of H-pyrrole nitrogens is 1. The van der Waals surface area contributed by atoms with E-state index < -0.39 is 0 Å². The summed E-state index contributed by atoms with van der Waals surface area (Å²) < 4.78 is 2.21. The second-order valence-electron chi connectivity index (χ2n) is 6.93. The van der Waals surface area contributed by atoms with Crippen LogP contribution in [0.1, 0.15) is 37.4 Å². The first-order chi connectivity index (χ1) is 13.3. The van der Waals surface area contributed by atoms with Crippen LogP contribution in [-0.4, -0.2) is 44.5 Å². The van der Waals surface area contributed by atoms with Crippen molar-refractivity contribution in [1.29, 1.82) is 10.7 Å². The SMILES string of the molecule is N#CCCNC(C=N)=NCC1CCC(c2ncc3cnc4[nH]ccc4n23)C1. The maximum Gasteiger partial charge on any atom is 0.154 e. The molecule has 0 aromatic carbocycles. The lowest BCUT2D eigenvalue weighted by atomic mass is 10.0. The van der Waals surface area contributed by atoms with Crippen molar-refractivity contribution < 1.29 is 0 Å². The van der Waals surface area contributed by atoms with E-state index >= 15 is 0 Å². The smallest absolute Gasteiger partial charge is 0.154 e. The van der Waals surface area contributed by atoms with Crippen LogP contribution in [0.3, 0.4) is 0 Å². The Morgan fingerprint density at radius 1 is 1.44 bits per heavy atom. The van der Waals surface area contributed by atoms with Crippen molar-refractivity contribution in [1.82, 2.24) is 24.7 Å². The summed E-state index contributed by atoms with van der Waals surface area (Å²) in [6, 6.07) is 4.12. The number of nitrogens with one attached hydrogen (secondary N) is 3. The highest BCUT2D eigenvalue weighted by molar-refractivity contribution is 6.28. The van der Waals surface area contributed by atoms with Gasteiger partial charge in [-0.3, -0.25) is 9.39 Å². The predicted octanol–water partition coefficient (Wildman–Crippen LogP) is 2.65. The van der Waals surface area contributed by atoms with Gasteiger partial charge in [0, 0.05) is 25.2 Å². The Labute approximate surface area is 156 Å². The number of fused-ring (bicyclic) bond motifs is 3. The van der Waals surface area contributed by atoms with E-state index in [4.69, 9.17) is 15.7 Å².